The molecule has 2 saturated heterocycles. The Bertz CT molecular complexity index is 1470. The molecule has 0 aromatic rings. The SMILES string of the molecule is CC[C@H](C)[C@H](NC(=O)[C@H](CO)NC(=O)[C@H](CCCCN)NC(=O)[C@@H](NC(=O)[C@H](CS)NC(=O)[C@H](CCC(N)=O)NC(=O)[C@@H]1CCCN1)[C@@H](C)O)C(=O)N1CCC[C@H]1C=O. The number of primary amides is 1. The molecular weight excluding hydrogens is 793 g/mol. The van der Waals surface area contributed by atoms with Crippen LogP contribution in [-0.4, -0.2) is 155 Å². The van der Waals surface area contributed by atoms with Crippen molar-refractivity contribution >= 4 is 66.2 Å². The summed E-state index contributed by atoms with van der Waals surface area (Å²) in [4.78, 5) is 118. The van der Waals surface area contributed by atoms with Gasteiger partial charge in [-0.2, -0.15) is 12.6 Å². The maximum absolute atomic E-state index is 13.6. The van der Waals surface area contributed by atoms with E-state index in [1.54, 1.807) is 6.92 Å². The fourth-order valence-corrected chi connectivity index (χ4v) is 6.93. The number of hydrogen-bond acceptors (Lipinski definition) is 14. The van der Waals surface area contributed by atoms with Crippen molar-refractivity contribution in [2.75, 3.05) is 32.0 Å². The molecule has 0 aromatic heterocycles. The predicted molar refractivity (Wildman–Crippen MR) is 217 cm³/mol. The molecule has 2 rings (SSSR count). The van der Waals surface area contributed by atoms with Gasteiger partial charge in [-0.3, -0.25) is 38.4 Å². The van der Waals surface area contributed by atoms with Crippen LogP contribution in [0.3, 0.4) is 0 Å². The van der Waals surface area contributed by atoms with Gasteiger partial charge in [0.1, 0.15) is 42.5 Å². The number of likely N-dealkylation sites (tertiary alicyclic amines) is 1. The third-order valence-electron chi connectivity index (χ3n) is 10.5. The number of aliphatic hydroxyl groups excluding tert-OH is 2. The van der Waals surface area contributed by atoms with Crippen molar-refractivity contribution in [2.45, 2.75) is 139 Å². The molecule has 0 unspecified atom stereocenters. The van der Waals surface area contributed by atoms with Crippen molar-refractivity contribution in [2.24, 2.45) is 17.4 Å². The lowest BCUT2D eigenvalue weighted by atomic mass is 9.97. The Balaban J connectivity index is 2.19. The molecule has 0 bridgehead atoms. The highest BCUT2D eigenvalue weighted by Crippen LogP contribution is 2.20. The lowest BCUT2D eigenvalue weighted by molar-refractivity contribution is -0.141. The number of nitrogens with two attached hydrogens (primary N) is 2. The zero-order valence-electron chi connectivity index (χ0n) is 34.1. The van der Waals surface area contributed by atoms with Gasteiger partial charge < -0.3 is 68.6 Å². The van der Waals surface area contributed by atoms with Gasteiger partial charge in [-0.05, 0) is 77.3 Å². The number of hydrogen-bond donors (Lipinski definition) is 12. The number of carbonyl (C=O) groups excluding carboxylic acids is 9. The molecule has 0 aromatic carbocycles. The number of nitrogens with zero attached hydrogens (tertiary/aromatic N) is 1. The number of unbranched alkanes of at least 4 members (excludes halogenated alkanes) is 1. The van der Waals surface area contributed by atoms with Gasteiger partial charge in [-0.25, -0.2) is 0 Å². The van der Waals surface area contributed by atoms with E-state index in [4.69, 9.17) is 11.5 Å². The summed E-state index contributed by atoms with van der Waals surface area (Å²) < 4.78 is 0. The summed E-state index contributed by atoms with van der Waals surface area (Å²) in [7, 11) is 0. The Kier molecular flexibility index (Phi) is 22.3. The standard InChI is InChI=1S/C37H64N10O11S/c1-4-20(2)29(37(58)47-16-8-9-22(47)17-48)45-34(55)26(18-49)43-32(53)24(10-5-6-14-38)42-36(57)30(21(3)50)46-35(56)27(19-59)44-33(54)25(12-13-28(39)51)41-31(52)23-11-7-15-40-23/h17,20-27,29-30,40,49-50,59H,4-16,18-19,38H2,1-3H3,(H2,39,51)(H,41,52)(H,42,57)(H,43,53)(H,44,54)(H,45,55)(H,46,56)/t20-,21+,22-,23-,24-,25-,26-,27-,29-,30-/m0/s1. The van der Waals surface area contributed by atoms with E-state index in [2.05, 4.69) is 49.8 Å². The van der Waals surface area contributed by atoms with Crippen LogP contribution in [0.4, 0.5) is 0 Å². The van der Waals surface area contributed by atoms with Gasteiger partial charge in [0.25, 0.3) is 0 Å². The van der Waals surface area contributed by atoms with E-state index in [1.165, 1.54) is 11.8 Å². The maximum atomic E-state index is 13.6. The van der Waals surface area contributed by atoms with E-state index >= 15 is 0 Å². The molecule has 0 spiro atoms. The van der Waals surface area contributed by atoms with Crippen LogP contribution in [0, 0.1) is 5.92 Å². The largest absolute Gasteiger partial charge is 0.394 e. The van der Waals surface area contributed by atoms with E-state index < -0.39 is 108 Å². The molecule has 13 N–H and O–H groups in total. The van der Waals surface area contributed by atoms with Gasteiger partial charge in [0, 0.05) is 18.7 Å². The predicted octanol–water partition coefficient (Wildman–Crippen LogP) is -4.42. The van der Waals surface area contributed by atoms with Crippen LogP contribution in [0.25, 0.3) is 0 Å². The average Bonchev–Trinajstić information content (AvgIpc) is 3.93. The molecule has 0 saturated carbocycles. The van der Waals surface area contributed by atoms with Gasteiger partial charge in [0.15, 0.2) is 0 Å². The molecule has 0 aliphatic carbocycles. The summed E-state index contributed by atoms with van der Waals surface area (Å²) >= 11 is 4.16. The molecule has 59 heavy (non-hydrogen) atoms. The first-order chi connectivity index (χ1) is 28.0. The highest BCUT2D eigenvalue weighted by atomic mass is 32.1. The second kappa shape index (κ2) is 26.0. The minimum absolute atomic E-state index is 0.00481. The second-order valence-electron chi connectivity index (χ2n) is 15.0. The first kappa shape index (κ1) is 50.8. The van der Waals surface area contributed by atoms with Gasteiger partial charge in [0.05, 0.1) is 24.8 Å². The van der Waals surface area contributed by atoms with Crippen LogP contribution in [0.15, 0.2) is 0 Å². The second-order valence-corrected chi connectivity index (χ2v) is 15.4. The number of aldehydes is 1. The van der Waals surface area contributed by atoms with E-state index in [0.717, 1.165) is 6.42 Å². The maximum Gasteiger partial charge on any atom is 0.246 e. The molecule has 21 nitrogen and oxygen atoms in total. The molecular formula is C37H64N10O11S. The lowest BCUT2D eigenvalue weighted by Crippen LogP contribution is -2.62. The third kappa shape index (κ3) is 16.0. The van der Waals surface area contributed by atoms with Gasteiger partial charge >= 0.3 is 0 Å². The molecule has 2 aliphatic rings. The third-order valence-corrected chi connectivity index (χ3v) is 10.8. The zero-order chi connectivity index (χ0) is 44.2. The van der Waals surface area contributed by atoms with Crippen molar-refractivity contribution in [3.05, 3.63) is 0 Å². The van der Waals surface area contributed by atoms with Crippen LogP contribution in [0.5, 0.6) is 0 Å². The van der Waals surface area contributed by atoms with Crippen molar-refractivity contribution < 1.29 is 53.4 Å². The van der Waals surface area contributed by atoms with Crippen LogP contribution in [-0.2, 0) is 43.2 Å². The molecule has 22 heteroatoms. The van der Waals surface area contributed by atoms with Crippen LogP contribution in [0.2, 0.25) is 0 Å². The monoisotopic (exact) mass is 856 g/mol. The van der Waals surface area contributed by atoms with Gasteiger partial charge in [0.2, 0.25) is 47.3 Å². The Hall–Kier alpha value is -4.38. The quantitative estimate of drug-likeness (QED) is 0.0222. The Morgan fingerprint density at radius 2 is 1.41 bits per heavy atom. The van der Waals surface area contributed by atoms with Crippen LogP contribution in [0.1, 0.15) is 85.0 Å². The fraction of sp³-hybridized carbons (Fsp3) is 0.757. The number of amides is 8. The zero-order valence-corrected chi connectivity index (χ0v) is 35.0. The average molecular weight is 857 g/mol. The lowest BCUT2D eigenvalue weighted by Gasteiger charge is -2.31. The number of aliphatic hydroxyl groups is 2. The van der Waals surface area contributed by atoms with E-state index in [-0.39, 0.29) is 37.5 Å². The summed E-state index contributed by atoms with van der Waals surface area (Å²) in [5.74, 6) is -6.89. The summed E-state index contributed by atoms with van der Waals surface area (Å²) in [5.41, 5.74) is 10.9. The Morgan fingerprint density at radius 1 is 0.814 bits per heavy atom. The molecule has 2 aliphatic heterocycles. The van der Waals surface area contributed by atoms with Crippen molar-refractivity contribution in [1.29, 1.82) is 0 Å². The van der Waals surface area contributed by atoms with Crippen LogP contribution < -0.4 is 48.7 Å². The number of carbonyl (C=O) groups is 9. The highest BCUT2D eigenvalue weighted by molar-refractivity contribution is 7.80. The topological polar surface area (TPSA) is 334 Å². The number of thiol groups is 1. The molecule has 334 valence electrons. The normalized spacial score (nSPS) is 20.4. The Morgan fingerprint density at radius 3 is 1.95 bits per heavy atom. The van der Waals surface area contributed by atoms with Gasteiger partial charge in [-0.15, -0.1) is 0 Å². The molecule has 2 fully saturated rings. The molecule has 2 heterocycles. The molecule has 10 atom stereocenters. The van der Waals surface area contributed by atoms with Crippen LogP contribution >= 0.6 is 12.6 Å². The molecule has 8 amide bonds. The smallest absolute Gasteiger partial charge is 0.246 e. The highest BCUT2D eigenvalue weighted by Gasteiger charge is 2.38. The van der Waals surface area contributed by atoms with Crippen molar-refractivity contribution in [1.82, 2.24) is 42.1 Å². The first-order valence-corrected chi connectivity index (χ1v) is 20.9. The van der Waals surface area contributed by atoms with E-state index in [9.17, 15) is 53.4 Å². The first-order valence-electron chi connectivity index (χ1n) is 20.2. The number of rotatable bonds is 26. The van der Waals surface area contributed by atoms with Crippen molar-refractivity contribution in [3.63, 3.8) is 0 Å². The summed E-state index contributed by atoms with van der Waals surface area (Å²) in [5, 5.41) is 38.6. The van der Waals surface area contributed by atoms with Gasteiger partial charge in [-0.1, -0.05) is 20.3 Å². The summed E-state index contributed by atoms with van der Waals surface area (Å²) in [6.45, 7) is 5.09. The van der Waals surface area contributed by atoms with Crippen molar-refractivity contribution in [3.8, 4) is 0 Å². The summed E-state index contributed by atoms with van der Waals surface area (Å²) in [6, 6.07) is -9.47. The van der Waals surface area contributed by atoms with E-state index in [1.807, 2.05) is 6.92 Å². The Labute approximate surface area is 349 Å². The number of nitrogens with one attached hydrogen (secondary N) is 7. The minimum atomic E-state index is -1.68. The minimum Gasteiger partial charge on any atom is -0.394 e. The molecule has 0 radical (unpaired) electrons. The fourth-order valence-electron chi connectivity index (χ4n) is 6.67. The summed E-state index contributed by atoms with van der Waals surface area (Å²) in [6.07, 6.45) is 2.39. The van der Waals surface area contributed by atoms with E-state index in [0.29, 0.717) is 57.9 Å².